The molecule has 0 saturated carbocycles. The molecule has 3 aromatic rings. The molecule has 1 aromatic carbocycles. The van der Waals surface area contributed by atoms with Gasteiger partial charge in [-0.05, 0) is 35.7 Å². The Kier molecular flexibility index (Phi) is 4.52. The summed E-state index contributed by atoms with van der Waals surface area (Å²) in [6, 6.07) is 14.0. The summed E-state index contributed by atoms with van der Waals surface area (Å²) >= 11 is 0. The van der Waals surface area contributed by atoms with Crippen LogP contribution in [0.15, 0.2) is 61.1 Å². The van der Waals surface area contributed by atoms with Gasteiger partial charge in [0.2, 0.25) is 0 Å². The van der Waals surface area contributed by atoms with Gasteiger partial charge < -0.3 is 9.72 Å². The predicted molar refractivity (Wildman–Crippen MR) is 89.1 cm³/mol. The van der Waals surface area contributed by atoms with Crippen molar-refractivity contribution in [2.45, 2.75) is 12.8 Å². The van der Waals surface area contributed by atoms with Crippen molar-refractivity contribution in [2.24, 2.45) is 0 Å². The highest BCUT2D eigenvalue weighted by molar-refractivity contribution is 5.65. The van der Waals surface area contributed by atoms with Gasteiger partial charge in [-0.2, -0.15) is 0 Å². The topological polar surface area (TPSA) is 55.0 Å². The number of aromatic nitrogens is 2. The summed E-state index contributed by atoms with van der Waals surface area (Å²) in [7, 11) is 0. The molecule has 0 spiro atoms. The van der Waals surface area contributed by atoms with Crippen LogP contribution in [0.3, 0.4) is 0 Å². The Morgan fingerprint density at radius 2 is 1.91 bits per heavy atom. The third-order valence-corrected chi connectivity index (χ3v) is 4.06. The normalized spacial score (nSPS) is 11.9. The number of H-pyrrole nitrogens is 1. The number of hydrogen-bond donors (Lipinski definition) is 1. The number of rotatable bonds is 6. The van der Waals surface area contributed by atoms with Gasteiger partial charge in [0.1, 0.15) is 6.61 Å². The number of pyridine rings is 1. The van der Waals surface area contributed by atoms with Crippen LogP contribution in [0.1, 0.15) is 22.6 Å². The molecule has 1 atom stereocenters. The highest BCUT2D eigenvalue weighted by Gasteiger charge is 2.20. The number of ether oxygens (including phenoxy) is 1. The lowest BCUT2D eigenvalue weighted by Gasteiger charge is -2.16. The van der Waals surface area contributed by atoms with E-state index in [0.717, 1.165) is 27.9 Å². The van der Waals surface area contributed by atoms with Crippen molar-refractivity contribution >= 4 is 6.47 Å². The lowest BCUT2D eigenvalue weighted by Crippen LogP contribution is -2.09. The Morgan fingerprint density at radius 3 is 2.61 bits per heavy atom. The van der Waals surface area contributed by atoms with E-state index in [0.29, 0.717) is 13.1 Å². The minimum atomic E-state index is 0.00763. The summed E-state index contributed by atoms with van der Waals surface area (Å²) in [5, 5.41) is 0. The number of nitrogens with one attached hydrogen (secondary N) is 1. The van der Waals surface area contributed by atoms with Gasteiger partial charge in [0.05, 0.1) is 0 Å². The van der Waals surface area contributed by atoms with Crippen LogP contribution in [0, 0.1) is 6.92 Å². The molecule has 0 aliphatic heterocycles. The number of benzene rings is 1. The molecule has 0 bridgehead atoms. The summed E-state index contributed by atoms with van der Waals surface area (Å²) in [5.74, 6) is 0.00763. The van der Waals surface area contributed by atoms with E-state index < -0.39 is 0 Å². The van der Waals surface area contributed by atoms with E-state index in [2.05, 4.69) is 29.0 Å². The first-order valence-electron chi connectivity index (χ1n) is 7.49. The Balaban J connectivity index is 2.00. The fourth-order valence-electron chi connectivity index (χ4n) is 2.88. The minimum Gasteiger partial charge on any atom is -0.467 e. The van der Waals surface area contributed by atoms with Crippen LogP contribution in [0.2, 0.25) is 0 Å². The number of aromatic amines is 1. The van der Waals surface area contributed by atoms with Crippen LogP contribution in [0.4, 0.5) is 0 Å². The van der Waals surface area contributed by atoms with Crippen molar-refractivity contribution in [3.8, 4) is 11.3 Å². The molecular weight excluding hydrogens is 288 g/mol. The molecule has 0 fully saturated rings. The van der Waals surface area contributed by atoms with Crippen LogP contribution in [0.25, 0.3) is 11.3 Å². The van der Waals surface area contributed by atoms with Gasteiger partial charge in [-0.15, -0.1) is 0 Å². The Labute approximate surface area is 135 Å². The average Bonchev–Trinajstić information content (AvgIpc) is 2.99. The van der Waals surface area contributed by atoms with Gasteiger partial charge in [-0.25, -0.2) is 0 Å². The van der Waals surface area contributed by atoms with E-state index in [1.807, 2.05) is 36.5 Å². The van der Waals surface area contributed by atoms with Crippen molar-refractivity contribution in [1.29, 1.82) is 0 Å². The third-order valence-electron chi connectivity index (χ3n) is 4.06. The highest BCUT2D eigenvalue weighted by Crippen LogP contribution is 2.32. The van der Waals surface area contributed by atoms with E-state index >= 15 is 0 Å². The average molecular weight is 306 g/mol. The number of nitrogens with zero attached hydrogens (tertiary/aromatic N) is 1. The van der Waals surface area contributed by atoms with Crippen LogP contribution in [-0.4, -0.2) is 23.0 Å². The van der Waals surface area contributed by atoms with Gasteiger partial charge in [0.25, 0.3) is 6.47 Å². The van der Waals surface area contributed by atoms with Gasteiger partial charge in [0.15, 0.2) is 0 Å². The monoisotopic (exact) mass is 306 g/mol. The number of carbonyl (C=O) groups excluding carboxylic acids is 1. The summed E-state index contributed by atoms with van der Waals surface area (Å²) in [5.41, 5.74) is 5.56. The van der Waals surface area contributed by atoms with Crippen LogP contribution in [-0.2, 0) is 9.53 Å². The van der Waals surface area contributed by atoms with Crippen LogP contribution < -0.4 is 0 Å². The zero-order valence-corrected chi connectivity index (χ0v) is 12.9. The first-order valence-corrected chi connectivity index (χ1v) is 7.49. The van der Waals surface area contributed by atoms with E-state index in [4.69, 9.17) is 4.74 Å². The standard InChI is InChI=1S/C19H18N2O2/c1-14-17(11-21-19(14)16-7-9-20-10-8-16)18(12-23-13-22)15-5-3-2-4-6-15/h2-11,13,18,21H,12H2,1H3. The second-order valence-corrected chi connectivity index (χ2v) is 5.37. The molecule has 2 aromatic heterocycles. The maximum absolute atomic E-state index is 10.6. The molecule has 3 rings (SSSR count). The van der Waals surface area contributed by atoms with E-state index in [1.165, 1.54) is 0 Å². The minimum absolute atomic E-state index is 0.00763. The predicted octanol–water partition coefficient (Wildman–Crippen LogP) is 3.69. The Morgan fingerprint density at radius 1 is 1.17 bits per heavy atom. The highest BCUT2D eigenvalue weighted by atomic mass is 16.5. The van der Waals surface area contributed by atoms with Crippen molar-refractivity contribution in [2.75, 3.05) is 6.61 Å². The molecule has 4 nitrogen and oxygen atoms in total. The van der Waals surface area contributed by atoms with Gasteiger partial charge in [0, 0.05) is 35.8 Å². The molecule has 1 N–H and O–H groups in total. The zero-order valence-electron chi connectivity index (χ0n) is 12.9. The molecule has 0 aliphatic rings. The molecule has 1 unspecified atom stereocenters. The van der Waals surface area contributed by atoms with E-state index in [9.17, 15) is 4.79 Å². The molecule has 116 valence electrons. The van der Waals surface area contributed by atoms with Crippen molar-refractivity contribution in [3.05, 3.63) is 77.7 Å². The first kappa shape index (κ1) is 15.0. The van der Waals surface area contributed by atoms with E-state index in [-0.39, 0.29) is 5.92 Å². The van der Waals surface area contributed by atoms with Crippen molar-refractivity contribution in [3.63, 3.8) is 0 Å². The number of carbonyl (C=O) groups is 1. The zero-order chi connectivity index (χ0) is 16.1. The third kappa shape index (κ3) is 3.16. The summed E-state index contributed by atoms with van der Waals surface area (Å²) in [6.07, 6.45) is 5.55. The largest absolute Gasteiger partial charge is 0.467 e. The lowest BCUT2D eigenvalue weighted by molar-refractivity contribution is -0.128. The fraction of sp³-hybridized carbons (Fsp3) is 0.158. The van der Waals surface area contributed by atoms with Crippen LogP contribution >= 0.6 is 0 Å². The molecule has 2 heterocycles. The SMILES string of the molecule is Cc1c(C(COC=O)c2ccccc2)c[nH]c1-c1ccncc1. The van der Waals surface area contributed by atoms with Crippen molar-refractivity contribution in [1.82, 2.24) is 9.97 Å². The van der Waals surface area contributed by atoms with Crippen molar-refractivity contribution < 1.29 is 9.53 Å². The maximum atomic E-state index is 10.6. The van der Waals surface area contributed by atoms with E-state index in [1.54, 1.807) is 12.4 Å². The fourth-order valence-corrected chi connectivity index (χ4v) is 2.88. The van der Waals surface area contributed by atoms with Gasteiger partial charge in [-0.3, -0.25) is 9.78 Å². The number of hydrogen-bond acceptors (Lipinski definition) is 3. The van der Waals surface area contributed by atoms with Gasteiger partial charge >= 0.3 is 0 Å². The first-order chi connectivity index (χ1) is 11.3. The summed E-state index contributed by atoms with van der Waals surface area (Å²) < 4.78 is 5.07. The summed E-state index contributed by atoms with van der Waals surface area (Å²) in [4.78, 5) is 18.0. The molecule has 0 aliphatic carbocycles. The Hall–Kier alpha value is -2.88. The summed E-state index contributed by atoms with van der Waals surface area (Å²) in [6.45, 7) is 2.90. The van der Waals surface area contributed by atoms with Crippen LogP contribution in [0.5, 0.6) is 0 Å². The molecule has 0 radical (unpaired) electrons. The molecule has 23 heavy (non-hydrogen) atoms. The molecule has 0 amide bonds. The smallest absolute Gasteiger partial charge is 0.293 e. The second-order valence-electron chi connectivity index (χ2n) is 5.37. The molecular formula is C19H18N2O2. The molecule has 4 heteroatoms. The molecule has 0 saturated heterocycles. The lowest BCUT2D eigenvalue weighted by atomic mass is 9.90. The maximum Gasteiger partial charge on any atom is 0.293 e. The van der Waals surface area contributed by atoms with Gasteiger partial charge in [-0.1, -0.05) is 30.3 Å². The Bertz CT molecular complexity index is 767. The quantitative estimate of drug-likeness (QED) is 0.707. The second kappa shape index (κ2) is 6.92.